The highest BCUT2D eigenvalue weighted by atomic mass is 35.5. The van der Waals surface area contributed by atoms with Crippen molar-refractivity contribution in [3.8, 4) is 16.9 Å². The van der Waals surface area contributed by atoms with Gasteiger partial charge in [-0.15, -0.1) is 0 Å². The minimum atomic E-state index is -0.600. The smallest absolute Gasteiger partial charge is 0.344 e. The summed E-state index contributed by atoms with van der Waals surface area (Å²) in [6.45, 7) is 1.26. The van der Waals surface area contributed by atoms with Crippen LogP contribution >= 0.6 is 11.6 Å². The van der Waals surface area contributed by atoms with Crippen LogP contribution in [0.3, 0.4) is 0 Å². The highest BCUT2D eigenvalue weighted by Gasteiger charge is 2.20. The van der Waals surface area contributed by atoms with Crippen molar-refractivity contribution < 1.29 is 19.1 Å². The topological polar surface area (TPSA) is 52.6 Å². The zero-order valence-electron chi connectivity index (χ0n) is 15.9. The fourth-order valence-corrected chi connectivity index (χ4v) is 3.53. The van der Waals surface area contributed by atoms with Crippen molar-refractivity contribution in [2.75, 3.05) is 13.2 Å². The molecule has 0 aliphatic heterocycles. The molecule has 0 amide bonds. The number of ketones is 1. The lowest BCUT2D eigenvalue weighted by atomic mass is 10.0. The molecule has 0 fully saturated rings. The maximum Gasteiger partial charge on any atom is 0.344 e. The van der Waals surface area contributed by atoms with Crippen LogP contribution in [0.2, 0.25) is 5.02 Å². The largest absolute Gasteiger partial charge is 0.482 e. The van der Waals surface area contributed by atoms with Crippen LogP contribution in [0.25, 0.3) is 11.1 Å². The molecule has 3 aromatic rings. The number of hydrogen-bond donors (Lipinski definition) is 0. The molecular weight excluding hydrogens is 388 g/mol. The maximum absolute atomic E-state index is 12.5. The highest BCUT2D eigenvalue weighted by Crippen LogP contribution is 2.36. The van der Waals surface area contributed by atoms with Gasteiger partial charge in [0.2, 0.25) is 0 Å². The van der Waals surface area contributed by atoms with Crippen LogP contribution in [-0.2, 0) is 16.0 Å². The Labute approximate surface area is 174 Å². The number of ether oxygens (including phenoxy) is 2. The Morgan fingerprint density at radius 2 is 1.72 bits per heavy atom. The van der Waals surface area contributed by atoms with E-state index < -0.39 is 5.97 Å². The first-order valence-electron chi connectivity index (χ1n) is 9.30. The molecule has 0 spiro atoms. The number of carbonyl (C=O) groups is 2. The van der Waals surface area contributed by atoms with Gasteiger partial charge in [-0.25, -0.2) is 4.79 Å². The van der Waals surface area contributed by atoms with Gasteiger partial charge in [-0.05, 0) is 65.4 Å². The molecule has 0 bridgehead atoms. The van der Waals surface area contributed by atoms with E-state index in [9.17, 15) is 9.59 Å². The van der Waals surface area contributed by atoms with Crippen LogP contribution in [0.4, 0.5) is 0 Å². The Bertz CT molecular complexity index is 1100. The summed E-state index contributed by atoms with van der Waals surface area (Å²) in [6.07, 6.45) is 0.872. The van der Waals surface area contributed by atoms with E-state index >= 15 is 0 Å². The summed E-state index contributed by atoms with van der Waals surface area (Å²) in [5.41, 5.74) is 6.06. The number of carbonyl (C=O) groups excluding carboxylic acids is 2. The van der Waals surface area contributed by atoms with Crippen molar-refractivity contribution in [2.45, 2.75) is 13.3 Å². The van der Waals surface area contributed by atoms with Gasteiger partial charge in [0.05, 0.1) is 0 Å². The first kappa shape index (κ1) is 19.2. The SMILES string of the molecule is Cc1cc(OCC(=O)OCC(=O)c2ccc3c(c2)-c2ccccc2C3)ccc1Cl. The van der Waals surface area contributed by atoms with Crippen molar-refractivity contribution in [2.24, 2.45) is 0 Å². The second-order valence-corrected chi connectivity index (χ2v) is 7.40. The van der Waals surface area contributed by atoms with Gasteiger partial charge >= 0.3 is 5.97 Å². The van der Waals surface area contributed by atoms with E-state index in [4.69, 9.17) is 21.1 Å². The van der Waals surface area contributed by atoms with Crippen molar-refractivity contribution in [3.05, 3.63) is 87.9 Å². The molecule has 146 valence electrons. The summed E-state index contributed by atoms with van der Waals surface area (Å²) in [7, 11) is 0. The molecule has 1 aliphatic rings. The molecule has 0 saturated heterocycles. The summed E-state index contributed by atoms with van der Waals surface area (Å²) in [5.74, 6) is -0.321. The molecule has 4 rings (SSSR count). The van der Waals surface area contributed by atoms with Crippen molar-refractivity contribution in [1.82, 2.24) is 0 Å². The third kappa shape index (κ3) is 4.17. The maximum atomic E-state index is 12.5. The summed E-state index contributed by atoms with van der Waals surface area (Å²) < 4.78 is 10.5. The Balaban J connectivity index is 1.34. The lowest BCUT2D eigenvalue weighted by molar-refractivity contribution is -0.144. The predicted molar refractivity (Wildman–Crippen MR) is 112 cm³/mol. The van der Waals surface area contributed by atoms with E-state index in [0.717, 1.165) is 23.1 Å². The van der Waals surface area contributed by atoms with Crippen LogP contribution in [0.15, 0.2) is 60.7 Å². The predicted octanol–water partition coefficient (Wildman–Crippen LogP) is 5.02. The van der Waals surface area contributed by atoms with Crippen molar-refractivity contribution in [1.29, 1.82) is 0 Å². The van der Waals surface area contributed by atoms with Crippen molar-refractivity contribution >= 4 is 23.4 Å². The summed E-state index contributed by atoms with van der Waals surface area (Å²) >= 11 is 5.96. The fraction of sp³-hybridized carbons (Fsp3) is 0.167. The number of rotatable bonds is 6. The first-order valence-corrected chi connectivity index (χ1v) is 9.68. The average Bonchev–Trinajstić information content (AvgIpc) is 3.10. The molecule has 0 heterocycles. The van der Waals surface area contributed by atoms with Gasteiger partial charge in [0.15, 0.2) is 19.0 Å². The quantitative estimate of drug-likeness (QED) is 0.333. The van der Waals surface area contributed by atoms with Crippen LogP contribution in [0, 0.1) is 6.92 Å². The van der Waals surface area contributed by atoms with E-state index in [1.807, 2.05) is 31.2 Å². The van der Waals surface area contributed by atoms with Crippen molar-refractivity contribution in [3.63, 3.8) is 0 Å². The Morgan fingerprint density at radius 3 is 2.55 bits per heavy atom. The van der Waals surface area contributed by atoms with E-state index in [1.165, 1.54) is 11.1 Å². The van der Waals surface area contributed by atoms with E-state index in [1.54, 1.807) is 24.3 Å². The third-order valence-corrected chi connectivity index (χ3v) is 5.39. The minimum absolute atomic E-state index is 0.243. The van der Waals surface area contributed by atoms with Gasteiger partial charge in [-0.1, -0.05) is 48.0 Å². The van der Waals surface area contributed by atoms with Gasteiger partial charge in [0.25, 0.3) is 0 Å². The normalized spacial score (nSPS) is 11.5. The number of aryl methyl sites for hydroxylation is 1. The van der Waals surface area contributed by atoms with Gasteiger partial charge < -0.3 is 9.47 Å². The standard InChI is InChI=1S/C24H19ClO4/c1-15-10-19(8-9-22(15)25)28-14-24(27)29-13-23(26)18-7-6-17-11-16-4-2-3-5-20(16)21(17)12-18/h2-10,12H,11,13-14H2,1H3. The van der Waals surface area contributed by atoms with Gasteiger partial charge in [0, 0.05) is 10.6 Å². The molecule has 0 radical (unpaired) electrons. The summed E-state index contributed by atoms with van der Waals surface area (Å²) in [4.78, 5) is 24.4. The number of halogens is 1. The van der Waals surface area contributed by atoms with Gasteiger partial charge in [-0.3, -0.25) is 4.79 Å². The summed E-state index contributed by atoms with van der Waals surface area (Å²) in [6, 6.07) is 18.9. The molecule has 0 N–H and O–H groups in total. The van der Waals surface area contributed by atoms with Gasteiger partial charge in [0.1, 0.15) is 5.75 Å². The van der Waals surface area contributed by atoms with Gasteiger partial charge in [-0.2, -0.15) is 0 Å². The lowest BCUT2D eigenvalue weighted by Gasteiger charge is -2.09. The van der Waals surface area contributed by atoms with E-state index in [-0.39, 0.29) is 19.0 Å². The number of esters is 1. The van der Waals surface area contributed by atoms with E-state index in [2.05, 4.69) is 12.1 Å². The Kier molecular flexibility index (Phi) is 5.36. The van der Waals surface area contributed by atoms with E-state index in [0.29, 0.717) is 16.3 Å². The number of Topliss-reactive ketones (excluding diaryl/α,β-unsaturated/α-hetero) is 1. The van der Waals surface area contributed by atoms with Crippen LogP contribution in [0.5, 0.6) is 5.75 Å². The van der Waals surface area contributed by atoms with Crippen LogP contribution in [-0.4, -0.2) is 25.0 Å². The Hall–Kier alpha value is -3.11. The average molecular weight is 407 g/mol. The van der Waals surface area contributed by atoms with Crippen LogP contribution < -0.4 is 4.74 Å². The Morgan fingerprint density at radius 1 is 0.931 bits per heavy atom. The lowest BCUT2D eigenvalue weighted by Crippen LogP contribution is -2.19. The minimum Gasteiger partial charge on any atom is -0.482 e. The molecule has 5 heteroatoms. The molecule has 0 aromatic heterocycles. The monoisotopic (exact) mass is 406 g/mol. The van der Waals surface area contributed by atoms with Crippen LogP contribution in [0.1, 0.15) is 27.0 Å². The number of hydrogen-bond acceptors (Lipinski definition) is 4. The second kappa shape index (κ2) is 8.10. The first-order chi connectivity index (χ1) is 14.0. The molecule has 1 aliphatic carbocycles. The number of benzene rings is 3. The molecule has 0 saturated carbocycles. The summed E-state index contributed by atoms with van der Waals surface area (Å²) in [5, 5.41) is 0.627. The third-order valence-electron chi connectivity index (χ3n) is 4.97. The molecule has 0 unspecified atom stereocenters. The highest BCUT2D eigenvalue weighted by molar-refractivity contribution is 6.31. The zero-order chi connectivity index (χ0) is 20.4. The fourth-order valence-electron chi connectivity index (χ4n) is 3.42. The molecule has 3 aromatic carbocycles. The molecule has 4 nitrogen and oxygen atoms in total. The zero-order valence-corrected chi connectivity index (χ0v) is 16.7. The molecule has 0 atom stereocenters. The number of fused-ring (bicyclic) bond motifs is 3. The molecular formula is C24H19ClO4. The second-order valence-electron chi connectivity index (χ2n) is 6.99. The molecule has 29 heavy (non-hydrogen) atoms.